The molecule has 31 heavy (non-hydrogen) atoms. The highest BCUT2D eigenvalue weighted by atomic mass is 16.2. The summed E-state index contributed by atoms with van der Waals surface area (Å²) >= 11 is 0. The Hall–Kier alpha value is -3.19. The zero-order valence-corrected chi connectivity index (χ0v) is 18.2. The van der Waals surface area contributed by atoms with E-state index in [1.807, 2.05) is 39.0 Å². The summed E-state index contributed by atoms with van der Waals surface area (Å²) in [6, 6.07) is 15.0. The summed E-state index contributed by atoms with van der Waals surface area (Å²) in [5, 5.41) is 2.88. The van der Waals surface area contributed by atoms with Crippen LogP contribution in [-0.2, 0) is 6.54 Å². The van der Waals surface area contributed by atoms with Crippen LogP contribution in [0.4, 0.5) is 10.5 Å². The first-order valence-corrected chi connectivity index (χ1v) is 10.6. The highest BCUT2D eigenvalue weighted by Crippen LogP contribution is 2.31. The number of hydrogen-bond acceptors (Lipinski definition) is 4. The molecule has 2 heterocycles. The van der Waals surface area contributed by atoms with Crippen LogP contribution in [0, 0.1) is 0 Å². The molecular formula is C24H28N4O3. The van der Waals surface area contributed by atoms with Crippen molar-refractivity contribution >= 4 is 23.5 Å². The highest BCUT2D eigenvalue weighted by molar-refractivity contribution is 6.22. The molecule has 0 saturated carbocycles. The van der Waals surface area contributed by atoms with Crippen LogP contribution in [0.1, 0.15) is 47.1 Å². The minimum Gasteiger partial charge on any atom is -0.322 e. The van der Waals surface area contributed by atoms with Crippen molar-refractivity contribution in [3.63, 3.8) is 0 Å². The topological polar surface area (TPSA) is 73.0 Å². The van der Waals surface area contributed by atoms with Gasteiger partial charge in [-0.2, -0.15) is 0 Å². The van der Waals surface area contributed by atoms with Crippen molar-refractivity contribution in [1.29, 1.82) is 0 Å². The normalized spacial score (nSPS) is 17.1. The number of piperazine rings is 1. The average molecular weight is 421 g/mol. The van der Waals surface area contributed by atoms with Gasteiger partial charge in [-0.3, -0.25) is 19.4 Å². The van der Waals surface area contributed by atoms with E-state index in [4.69, 9.17) is 0 Å². The van der Waals surface area contributed by atoms with Gasteiger partial charge in [0.2, 0.25) is 0 Å². The highest BCUT2D eigenvalue weighted by Gasteiger charge is 2.42. The lowest BCUT2D eigenvalue weighted by molar-refractivity contribution is 0.0507. The molecule has 0 aliphatic carbocycles. The molecule has 2 aromatic rings. The van der Waals surface area contributed by atoms with Crippen molar-refractivity contribution in [2.75, 3.05) is 31.5 Å². The van der Waals surface area contributed by atoms with Crippen molar-refractivity contribution in [2.24, 2.45) is 0 Å². The Morgan fingerprint density at radius 1 is 0.903 bits per heavy atom. The van der Waals surface area contributed by atoms with Gasteiger partial charge >= 0.3 is 6.03 Å². The first-order chi connectivity index (χ1) is 14.7. The Labute approximate surface area is 182 Å². The van der Waals surface area contributed by atoms with Crippen LogP contribution in [0.3, 0.4) is 0 Å². The van der Waals surface area contributed by atoms with Gasteiger partial charge in [-0.05, 0) is 44.5 Å². The van der Waals surface area contributed by atoms with Crippen LogP contribution in [0.2, 0.25) is 0 Å². The molecular weight excluding hydrogens is 392 g/mol. The van der Waals surface area contributed by atoms with Crippen LogP contribution in [0.25, 0.3) is 0 Å². The molecule has 0 aromatic heterocycles. The van der Waals surface area contributed by atoms with E-state index in [0.717, 1.165) is 19.6 Å². The standard InChI is InChI=1S/C24H28N4O3/c1-24(2,3)28-21(29)19-10-9-18(15-20(19)22(28)30)25-23(31)27-13-11-26(12-14-27)16-17-7-5-4-6-8-17/h4-10,15H,11-14,16H2,1-3H3,(H,25,31). The third-order valence-corrected chi connectivity index (χ3v) is 5.72. The predicted octanol–water partition coefficient (Wildman–Crippen LogP) is 3.43. The zero-order valence-electron chi connectivity index (χ0n) is 18.2. The van der Waals surface area contributed by atoms with E-state index in [9.17, 15) is 14.4 Å². The Morgan fingerprint density at radius 2 is 1.55 bits per heavy atom. The fourth-order valence-electron chi connectivity index (χ4n) is 4.08. The molecule has 2 aromatic carbocycles. The van der Waals surface area contributed by atoms with Crippen LogP contribution >= 0.6 is 0 Å². The van der Waals surface area contributed by atoms with Gasteiger partial charge in [0, 0.05) is 44.0 Å². The van der Waals surface area contributed by atoms with Gasteiger partial charge in [0.05, 0.1) is 11.1 Å². The number of anilines is 1. The second kappa shape index (κ2) is 8.15. The fraction of sp³-hybridized carbons (Fsp3) is 0.375. The summed E-state index contributed by atoms with van der Waals surface area (Å²) < 4.78 is 0. The molecule has 1 saturated heterocycles. The lowest BCUT2D eigenvalue weighted by Gasteiger charge is -2.34. The molecule has 4 amide bonds. The number of benzene rings is 2. The Balaban J connectivity index is 1.37. The van der Waals surface area contributed by atoms with E-state index in [2.05, 4.69) is 22.3 Å². The molecule has 2 aliphatic heterocycles. The number of nitrogens with one attached hydrogen (secondary N) is 1. The smallest absolute Gasteiger partial charge is 0.321 e. The molecule has 7 nitrogen and oxygen atoms in total. The van der Waals surface area contributed by atoms with Gasteiger partial charge in [0.15, 0.2) is 0 Å². The van der Waals surface area contributed by atoms with Gasteiger partial charge in [0.1, 0.15) is 0 Å². The fourth-order valence-corrected chi connectivity index (χ4v) is 4.08. The maximum absolute atomic E-state index is 12.8. The summed E-state index contributed by atoms with van der Waals surface area (Å²) in [5.41, 5.74) is 1.91. The van der Waals surface area contributed by atoms with Gasteiger partial charge in [-0.25, -0.2) is 4.79 Å². The summed E-state index contributed by atoms with van der Waals surface area (Å²) in [7, 11) is 0. The number of amides is 4. The number of rotatable bonds is 3. The third-order valence-electron chi connectivity index (χ3n) is 5.72. The molecule has 4 rings (SSSR count). The lowest BCUT2D eigenvalue weighted by atomic mass is 10.1. The number of fused-ring (bicyclic) bond motifs is 1. The van der Waals surface area contributed by atoms with Crippen LogP contribution in [0.15, 0.2) is 48.5 Å². The van der Waals surface area contributed by atoms with Crippen molar-refractivity contribution in [3.05, 3.63) is 65.2 Å². The van der Waals surface area contributed by atoms with Crippen molar-refractivity contribution < 1.29 is 14.4 Å². The predicted molar refractivity (Wildman–Crippen MR) is 119 cm³/mol. The summed E-state index contributed by atoms with van der Waals surface area (Å²) in [6.07, 6.45) is 0. The molecule has 7 heteroatoms. The quantitative estimate of drug-likeness (QED) is 0.772. The van der Waals surface area contributed by atoms with Gasteiger partial charge < -0.3 is 10.2 Å². The van der Waals surface area contributed by atoms with Crippen molar-refractivity contribution in [2.45, 2.75) is 32.9 Å². The van der Waals surface area contributed by atoms with Crippen LogP contribution in [-0.4, -0.2) is 64.3 Å². The largest absolute Gasteiger partial charge is 0.322 e. The van der Waals surface area contributed by atoms with E-state index in [1.54, 1.807) is 23.1 Å². The van der Waals surface area contributed by atoms with Gasteiger partial charge in [-0.15, -0.1) is 0 Å². The molecule has 1 fully saturated rings. The van der Waals surface area contributed by atoms with Crippen molar-refractivity contribution in [1.82, 2.24) is 14.7 Å². The Kier molecular flexibility index (Phi) is 5.54. The minimum atomic E-state index is -0.601. The second-order valence-corrected chi connectivity index (χ2v) is 9.06. The number of carbonyl (C=O) groups excluding carboxylic acids is 3. The SMILES string of the molecule is CC(C)(C)N1C(=O)c2ccc(NC(=O)N3CCN(Cc4ccccc4)CC3)cc2C1=O. The molecule has 0 bridgehead atoms. The van der Waals surface area contributed by atoms with E-state index in [-0.39, 0.29) is 17.8 Å². The summed E-state index contributed by atoms with van der Waals surface area (Å²) in [4.78, 5) is 43.5. The molecule has 2 aliphatic rings. The number of nitrogens with zero attached hydrogens (tertiary/aromatic N) is 3. The van der Waals surface area contributed by atoms with Crippen molar-refractivity contribution in [3.8, 4) is 0 Å². The zero-order chi connectivity index (χ0) is 22.2. The van der Waals surface area contributed by atoms with E-state index in [0.29, 0.717) is 29.9 Å². The number of urea groups is 1. The van der Waals surface area contributed by atoms with E-state index in [1.165, 1.54) is 10.5 Å². The first kappa shape index (κ1) is 21.1. The number of carbonyl (C=O) groups is 3. The number of imide groups is 1. The molecule has 1 N–H and O–H groups in total. The summed E-state index contributed by atoms with van der Waals surface area (Å²) in [5.74, 6) is -0.613. The molecule has 0 atom stereocenters. The lowest BCUT2D eigenvalue weighted by Crippen LogP contribution is -2.49. The minimum absolute atomic E-state index is 0.191. The Morgan fingerprint density at radius 3 is 2.19 bits per heavy atom. The number of hydrogen-bond donors (Lipinski definition) is 1. The maximum atomic E-state index is 12.8. The molecule has 0 unspecified atom stereocenters. The van der Waals surface area contributed by atoms with Crippen LogP contribution in [0.5, 0.6) is 0 Å². The van der Waals surface area contributed by atoms with Crippen LogP contribution < -0.4 is 5.32 Å². The molecule has 0 radical (unpaired) electrons. The summed E-state index contributed by atoms with van der Waals surface area (Å²) in [6.45, 7) is 9.25. The van der Waals surface area contributed by atoms with E-state index >= 15 is 0 Å². The maximum Gasteiger partial charge on any atom is 0.321 e. The second-order valence-electron chi connectivity index (χ2n) is 9.06. The third kappa shape index (κ3) is 4.32. The van der Waals surface area contributed by atoms with E-state index < -0.39 is 5.54 Å². The molecule has 162 valence electrons. The average Bonchev–Trinajstić information content (AvgIpc) is 2.99. The molecule has 0 spiro atoms. The monoisotopic (exact) mass is 420 g/mol. The first-order valence-electron chi connectivity index (χ1n) is 10.6. The Bertz CT molecular complexity index is 1010. The van der Waals surface area contributed by atoms with Gasteiger partial charge in [0.25, 0.3) is 11.8 Å². The van der Waals surface area contributed by atoms with Gasteiger partial charge in [-0.1, -0.05) is 30.3 Å².